The largest absolute Gasteiger partial charge is 0.330 e. The lowest BCUT2D eigenvalue weighted by Crippen LogP contribution is -2.26. The van der Waals surface area contributed by atoms with Crippen molar-refractivity contribution >= 4 is 12.4 Å². The van der Waals surface area contributed by atoms with Gasteiger partial charge in [-0.15, -0.1) is 12.4 Å². The molecule has 1 fully saturated rings. The van der Waals surface area contributed by atoms with Crippen molar-refractivity contribution in [2.24, 2.45) is 11.7 Å². The molecule has 2 N–H and O–H groups in total. The van der Waals surface area contributed by atoms with Crippen molar-refractivity contribution in [3.63, 3.8) is 0 Å². The molecule has 0 aromatic heterocycles. The summed E-state index contributed by atoms with van der Waals surface area (Å²) in [5.41, 5.74) is 6.19. The summed E-state index contributed by atoms with van der Waals surface area (Å²) < 4.78 is 26.5. The van der Waals surface area contributed by atoms with Gasteiger partial charge in [-0.1, -0.05) is 6.07 Å². The SMILES string of the molecule is CC(c1ccc(F)cc1F)N1CCC(CN)C1.Cl. The Labute approximate surface area is 113 Å². The van der Waals surface area contributed by atoms with Gasteiger partial charge in [-0.05, 0) is 38.4 Å². The highest BCUT2D eigenvalue weighted by Crippen LogP contribution is 2.28. The van der Waals surface area contributed by atoms with Gasteiger partial charge in [-0.2, -0.15) is 0 Å². The molecule has 0 saturated carbocycles. The van der Waals surface area contributed by atoms with Gasteiger partial charge in [0.15, 0.2) is 0 Å². The molecule has 1 heterocycles. The van der Waals surface area contributed by atoms with Gasteiger partial charge in [0, 0.05) is 24.2 Å². The number of nitrogens with zero attached hydrogens (tertiary/aromatic N) is 1. The Morgan fingerprint density at radius 3 is 2.72 bits per heavy atom. The quantitative estimate of drug-likeness (QED) is 0.920. The zero-order chi connectivity index (χ0) is 12.4. The lowest BCUT2D eigenvalue weighted by atomic mass is 10.1. The maximum absolute atomic E-state index is 13.6. The fraction of sp³-hybridized carbons (Fsp3) is 0.538. The van der Waals surface area contributed by atoms with E-state index in [1.807, 2.05) is 6.92 Å². The van der Waals surface area contributed by atoms with Gasteiger partial charge in [0.1, 0.15) is 11.6 Å². The average molecular weight is 277 g/mol. The first kappa shape index (κ1) is 15.3. The van der Waals surface area contributed by atoms with Crippen molar-refractivity contribution in [3.05, 3.63) is 35.4 Å². The van der Waals surface area contributed by atoms with Crippen molar-refractivity contribution in [1.29, 1.82) is 0 Å². The zero-order valence-corrected chi connectivity index (χ0v) is 11.2. The molecule has 1 aliphatic heterocycles. The van der Waals surface area contributed by atoms with Crippen LogP contribution in [0.4, 0.5) is 8.78 Å². The number of nitrogens with two attached hydrogens (primary N) is 1. The molecule has 18 heavy (non-hydrogen) atoms. The molecule has 2 rings (SSSR count). The van der Waals surface area contributed by atoms with Crippen molar-refractivity contribution < 1.29 is 8.78 Å². The molecular formula is C13H19ClF2N2. The highest BCUT2D eigenvalue weighted by atomic mass is 35.5. The lowest BCUT2D eigenvalue weighted by molar-refractivity contribution is 0.248. The Morgan fingerprint density at radius 2 is 2.17 bits per heavy atom. The third kappa shape index (κ3) is 3.19. The topological polar surface area (TPSA) is 29.3 Å². The highest BCUT2D eigenvalue weighted by Gasteiger charge is 2.27. The van der Waals surface area contributed by atoms with Gasteiger partial charge in [0.05, 0.1) is 0 Å². The Bertz CT molecular complexity index is 401. The number of hydrogen-bond acceptors (Lipinski definition) is 2. The zero-order valence-electron chi connectivity index (χ0n) is 10.4. The van der Waals surface area contributed by atoms with Crippen molar-refractivity contribution in [1.82, 2.24) is 4.90 Å². The molecule has 5 heteroatoms. The molecule has 0 aliphatic carbocycles. The summed E-state index contributed by atoms with van der Waals surface area (Å²) in [5.74, 6) is -0.491. The molecule has 2 nitrogen and oxygen atoms in total. The van der Waals surface area contributed by atoms with Crippen molar-refractivity contribution in [2.75, 3.05) is 19.6 Å². The molecule has 0 bridgehead atoms. The normalized spacial score (nSPS) is 21.7. The number of hydrogen-bond donors (Lipinski definition) is 1. The summed E-state index contributed by atoms with van der Waals surface area (Å²) in [6, 6.07) is 3.77. The standard InChI is InChI=1S/C13H18F2N2.ClH/c1-9(17-5-4-10(7-16)8-17)12-3-2-11(14)6-13(12)15;/h2-3,6,9-10H,4-5,7-8,16H2,1H3;1H. The van der Waals surface area contributed by atoms with Crippen LogP contribution in [0.2, 0.25) is 0 Å². The van der Waals surface area contributed by atoms with E-state index in [4.69, 9.17) is 5.73 Å². The highest BCUT2D eigenvalue weighted by molar-refractivity contribution is 5.85. The van der Waals surface area contributed by atoms with Gasteiger partial charge >= 0.3 is 0 Å². The van der Waals surface area contributed by atoms with E-state index in [0.29, 0.717) is 18.0 Å². The van der Waals surface area contributed by atoms with Crippen molar-refractivity contribution in [3.8, 4) is 0 Å². The second-order valence-electron chi connectivity index (χ2n) is 4.73. The van der Waals surface area contributed by atoms with Gasteiger partial charge in [-0.25, -0.2) is 8.78 Å². The van der Waals surface area contributed by atoms with Gasteiger partial charge in [0.2, 0.25) is 0 Å². The summed E-state index contributed by atoms with van der Waals surface area (Å²) in [5, 5.41) is 0. The summed E-state index contributed by atoms with van der Waals surface area (Å²) >= 11 is 0. The maximum Gasteiger partial charge on any atom is 0.130 e. The van der Waals surface area contributed by atoms with Crippen LogP contribution in [0.5, 0.6) is 0 Å². The minimum atomic E-state index is -0.528. The van der Waals surface area contributed by atoms with Gasteiger partial charge in [-0.3, -0.25) is 4.90 Å². The van der Waals surface area contributed by atoms with Crippen LogP contribution in [0.15, 0.2) is 18.2 Å². The van der Waals surface area contributed by atoms with Crippen LogP contribution in [-0.4, -0.2) is 24.5 Å². The Kier molecular flexibility index (Phi) is 5.50. The number of rotatable bonds is 3. The third-order valence-electron chi connectivity index (χ3n) is 3.61. The lowest BCUT2D eigenvalue weighted by Gasteiger charge is -2.25. The van der Waals surface area contributed by atoms with Gasteiger partial charge < -0.3 is 5.73 Å². The van der Waals surface area contributed by atoms with E-state index in [-0.39, 0.29) is 18.4 Å². The van der Waals surface area contributed by atoms with Crippen molar-refractivity contribution in [2.45, 2.75) is 19.4 Å². The molecule has 0 amide bonds. The van der Waals surface area contributed by atoms with Crippen LogP contribution in [0.1, 0.15) is 24.9 Å². The van der Waals surface area contributed by atoms with E-state index >= 15 is 0 Å². The molecular weight excluding hydrogens is 258 g/mol. The summed E-state index contributed by atoms with van der Waals surface area (Å²) in [4.78, 5) is 2.20. The predicted molar refractivity (Wildman–Crippen MR) is 70.8 cm³/mol. The minimum absolute atomic E-state index is 0. The van der Waals surface area contributed by atoms with E-state index < -0.39 is 11.6 Å². The molecule has 1 aromatic carbocycles. The van der Waals surface area contributed by atoms with Crippen LogP contribution >= 0.6 is 12.4 Å². The van der Waals surface area contributed by atoms with Crippen LogP contribution in [0, 0.1) is 17.6 Å². The summed E-state index contributed by atoms with van der Waals surface area (Å²) in [7, 11) is 0. The van der Waals surface area contributed by atoms with Crippen LogP contribution < -0.4 is 5.73 Å². The first-order chi connectivity index (χ1) is 8.11. The fourth-order valence-corrected chi connectivity index (χ4v) is 2.44. The fourth-order valence-electron chi connectivity index (χ4n) is 2.44. The smallest absolute Gasteiger partial charge is 0.130 e. The molecule has 2 unspecified atom stereocenters. The predicted octanol–water partition coefficient (Wildman–Crippen LogP) is 2.73. The van der Waals surface area contributed by atoms with E-state index in [2.05, 4.69) is 4.90 Å². The van der Waals surface area contributed by atoms with E-state index in [1.165, 1.54) is 12.1 Å². The Balaban J connectivity index is 0.00000162. The Morgan fingerprint density at radius 1 is 1.44 bits per heavy atom. The maximum atomic E-state index is 13.6. The second kappa shape index (κ2) is 6.45. The third-order valence-corrected chi connectivity index (χ3v) is 3.61. The van der Waals surface area contributed by atoms with E-state index in [1.54, 1.807) is 0 Å². The first-order valence-corrected chi connectivity index (χ1v) is 6.01. The number of benzene rings is 1. The van der Waals surface area contributed by atoms with Crippen LogP contribution in [-0.2, 0) is 0 Å². The average Bonchev–Trinajstić information content (AvgIpc) is 2.76. The van der Waals surface area contributed by atoms with Gasteiger partial charge in [0.25, 0.3) is 0 Å². The molecule has 0 spiro atoms. The molecule has 102 valence electrons. The van der Waals surface area contributed by atoms with Crippen LogP contribution in [0.25, 0.3) is 0 Å². The van der Waals surface area contributed by atoms with Crippen LogP contribution in [0.3, 0.4) is 0 Å². The molecule has 1 saturated heterocycles. The number of halogens is 3. The molecule has 2 atom stereocenters. The second-order valence-corrected chi connectivity index (χ2v) is 4.73. The molecule has 0 radical (unpaired) electrons. The number of likely N-dealkylation sites (tertiary alicyclic amines) is 1. The summed E-state index contributed by atoms with van der Waals surface area (Å²) in [6.07, 6.45) is 1.06. The monoisotopic (exact) mass is 276 g/mol. The van der Waals surface area contributed by atoms with E-state index in [9.17, 15) is 8.78 Å². The molecule has 1 aromatic rings. The summed E-state index contributed by atoms with van der Waals surface area (Å²) in [6.45, 7) is 4.46. The minimum Gasteiger partial charge on any atom is -0.330 e. The van der Waals surface area contributed by atoms with E-state index in [0.717, 1.165) is 25.6 Å². The Hall–Kier alpha value is -0.710. The molecule has 1 aliphatic rings. The first-order valence-electron chi connectivity index (χ1n) is 6.01.